The lowest BCUT2D eigenvalue weighted by molar-refractivity contribution is 0.0416. The maximum absolute atomic E-state index is 11.8. The van der Waals surface area contributed by atoms with Gasteiger partial charge in [-0.25, -0.2) is 4.79 Å². The van der Waals surface area contributed by atoms with Crippen LogP contribution in [-0.2, 0) is 16.1 Å². The first-order valence-corrected chi connectivity index (χ1v) is 10.5. The van der Waals surface area contributed by atoms with Crippen LogP contribution in [0.2, 0.25) is 0 Å². The van der Waals surface area contributed by atoms with E-state index in [9.17, 15) is 4.79 Å². The molecule has 0 radical (unpaired) electrons. The summed E-state index contributed by atoms with van der Waals surface area (Å²) in [5.74, 6) is 0.811. The normalized spacial score (nSPS) is 11.7. The molecule has 7 nitrogen and oxygen atoms in total. The van der Waals surface area contributed by atoms with E-state index >= 15 is 0 Å². The van der Waals surface area contributed by atoms with Crippen LogP contribution < -0.4 is 16.7 Å². The molecule has 2 aromatic heterocycles. The number of nitrogens with one attached hydrogen (secondary N) is 1. The first-order chi connectivity index (χ1) is 14.5. The highest BCUT2D eigenvalue weighted by Crippen LogP contribution is 2.34. The number of ether oxygens (including phenoxy) is 2. The van der Waals surface area contributed by atoms with Gasteiger partial charge in [0, 0.05) is 34.5 Å². The molecule has 7 heteroatoms. The molecule has 0 amide bonds. The second-order valence-corrected chi connectivity index (χ2v) is 7.55. The van der Waals surface area contributed by atoms with Gasteiger partial charge in [-0.3, -0.25) is 0 Å². The number of aryl methyl sites for hydroxylation is 3. The van der Waals surface area contributed by atoms with Gasteiger partial charge in [-0.1, -0.05) is 0 Å². The average molecular weight is 417 g/mol. The zero-order chi connectivity index (χ0) is 21.5. The minimum Gasteiger partial charge on any atom is -0.461 e. The van der Waals surface area contributed by atoms with Crippen LogP contribution in [-0.4, -0.2) is 39.5 Å². The first kappa shape index (κ1) is 22.5. The number of fused-ring (bicyclic) bond motifs is 2. The van der Waals surface area contributed by atoms with E-state index in [2.05, 4.69) is 5.32 Å². The molecule has 0 saturated heterocycles. The van der Waals surface area contributed by atoms with Crippen LogP contribution >= 0.6 is 0 Å². The van der Waals surface area contributed by atoms with Crippen molar-refractivity contribution in [2.75, 3.05) is 39.5 Å². The van der Waals surface area contributed by atoms with Crippen molar-refractivity contribution in [2.24, 2.45) is 5.73 Å². The van der Waals surface area contributed by atoms with Crippen molar-refractivity contribution in [2.45, 2.75) is 40.2 Å². The van der Waals surface area contributed by atoms with Crippen LogP contribution in [0.1, 0.15) is 35.3 Å². The Morgan fingerprint density at radius 3 is 2.50 bits per heavy atom. The molecule has 3 N–H and O–H groups in total. The van der Waals surface area contributed by atoms with Gasteiger partial charge in [-0.2, -0.15) is 0 Å². The molecule has 3 aromatic rings. The lowest BCUT2D eigenvalue weighted by atomic mass is 10.0. The van der Waals surface area contributed by atoms with Crippen molar-refractivity contribution in [3.8, 4) is 0 Å². The fourth-order valence-electron chi connectivity index (χ4n) is 3.59. The van der Waals surface area contributed by atoms with Crippen molar-refractivity contribution in [3.63, 3.8) is 0 Å². The molecule has 0 aliphatic carbocycles. The van der Waals surface area contributed by atoms with Crippen LogP contribution in [0, 0.1) is 20.8 Å². The Morgan fingerprint density at radius 2 is 1.70 bits per heavy atom. The number of hydrogen-bond donors (Lipinski definition) is 2. The van der Waals surface area contributed by atoms with Gasteiger partial charge in [0.05, 0.1) is 26.4 Å². The zero-order valence-corrected chi connectivity index (χ0v) is 18.1. The number of nitrogens with two attached hydrogens (primary N) is 1. The summed E-state index contributed by atoms with van der Waals surface area (Å²) < 4.78 is 22.8. The number of hydrogen-bond acceptors (Lipinski definition) is 7. The number of unbranched alkanes of at least 4 members (excludes halogenated alkanes) is 1. The van der Waals surface area contributed by atoms with E-state index in [4.69, 9.17) is 24.0 Å². The standard InChI is InChI=1S/C23H32N2O5/c1-15-12-21(26)30-22-16(2)23-19(13-18(15)22)20(17(3)29-23)14-28-11-10-27-9-8-25-7-5-4-6-24/h12-13,25H,4-11,14,24H2,1-3H3. The number of rotatable bonds is 12. The van der Waals surface area contributed by atoms with Gasteiger partial charge in [0.25, 0.3) is 0 Å². The Balaban J connectivity index is 1.55. The lowest BCUT2D eigenvalue weighted by Crippen LogP contribution is -2.22. The molecule has 0 aliphatic heterocycles. The first-order valence-electron chi connectivity index (χ1n) is 10.5. The minimum absolute atomic E-state index is 0.347. The van der Waals surface area contributed by atoms with Crippen molar-refractivity contribution in [3.05, 3.63) is 45.0 Å². The Bertz CT molecular complexity index is 1040. The summed E-state index contributed by atoms with van der Waals surface area (Å²) in [6.45, 7) is 10.5. The van der Waals surface area contributed by atoms with Crippen molar-refractivity contribution in [1.82, 2.24) is 5.32 Å². The molecule has 0 unspecified atom stereocenters. The Labute approximate surface area is 176 Å². The van der Waals surface area contributed by atoms with Crippen molar-refractivity contribution in [1.29, 1.82) is 0 Å². The van der Waals surface area contributed by atoms with Gasteiger partial charge in [-0.05, 0) is 58.3 Å². The van der Waals surface area contributed by atoms with E-state index in [-0.39, 0.29) is 5.63 Å². The molecule has 3 rings (SSSR count). The van der Waals surface area contributed by atoms with Crippen LogP contribution in [0.15, 0.2) is 25.8 Å². The summed E-state index contributed by atoms with van der Waals surface area (Å²) in [5.41, 5.74) is 9.18. The van der Waals surface area contributed by atoms with Crippen molar-refractivity contribution < 1.29 is 18.3 Å². The minimum atomic E-state index is -0.347. The summed E-state index contributed by atoms with van der Waals surface area (Å²) >= 11 is 0. The monoisotopic (exact) mass is 416 g/mol. The molecule has 2 heterocycles. The maximum Gasteiger partial charge on any atom is 0.336 e. The molecule has 0 aliphatic rings. The van der Waals surface area contributed by atoms with Gasteiger partial charge in [0.15, 0.2) is 0 Å². The molecule has 1 aromatic carbocycles. The second-order valence-electron chi connectivity index (χ2n) is 7.55. The summed E-state index contributed by atoms with van der Waals surface area (Å²) in [6, 6.07) is 3.54. The Morgan fingerprint density at radius 1 is 0.933 bits per heavy atom. The summed E-state index contributed by atoms with van der Waals surface area (Å²) in [6.07, 6.45) is 2.14. The van der Waals surface area contributed by atoms with Crippen LogP contribution in [0.4, 0.5) is 0 Å². The third-order valence-corrected chi connectivity index (χ3v) is 5.28. The third kappa shape index (κ3) is 5.29. The average Bonchev–Trinajstić information content (AvgIpc) is 3.03. The lowest BCUT2D eigenvalue weighted by Gasteiger charge is -2.08. The van der Waals surface area contributed by atoms with Crippen LogP contribution in [0.5, 0.6) is 0 Å². The quantitative estimate of drug-likeness (QED) is 0.345. The third-order valence-electron chi connectivity index (χ3n) is 5.28. The SMILES string of the molecule is Cc1oc2c(C)c3oc(=O)cc(C)c3cc2c1COCCOCCNCCCCN. The highest BCUT2D eigenvalue weighted by atomic mass is 16.5. The molecule has 0 saturated carbocycles. The molecule has 0 atom stereocenters. The number of furan rings is 1. The molecule has 164 valence electrons. The zero-order valence-electron chi connectivity index (χ0n) is 18.1. The fourth-order valence-corrected chi connectivity index (χ4v) is 3.59. The van der Waals surface area contributed by atoms with E-state index in [1.54, 1.807) is 0 Å². The van der Waals surface area contributed by atoms with Gasteiger partial charge < -0.3 is 29.4 Å². The highest BCUT2D eigenvalue weighted by molar-refractivity contribution is 5.99. The summed E-state index contributed by atoms with van der Waals surface area (Å²) in [4.78, 5) is 11.8. The predicted molar refractivity (Wildman–Crippen MR) is 118 cm³/mol. The molecule has 0 spiro atoms. The summed E-state index contributed by atoms with van der Waals surface area (Å²) in [7, 11) is 0. The molecule has 0 bridgehead atoms. The maximum atomic E-state index is 11.8. The second kappa shape index (κ2) is 10.7. The van der Waals surface area contributed by atoms with E-state index < -0.39 is 0 Å². The number of benzene rings is 1. The van der Waals surface area contributed by atoms with Gasteiger partial charge >= 0.3 is 5.63 Å². The topological polar surface area (TPSA) is 99.9 Å². The Kier molecular flexibility index (Phi) is 8.04. The largest absolute Gasteiger partial charge is 0.461 e. The van der Waals surface area contributed by atoms with E-state index in [1.807, 2.05) is 26.8 Å². The molecule has 0 fully saturated rings. The smallest absolute Gasteiger partial charge is 0.336 e. The van der Waals surface area contributed by atoms with Gasteiger partial charge in [0.2, 0.25) is 0 Å². The molecule has 30 heavy (non-hydrogen) atoms. The van der Waals surface area contributed by atoms with Gasteiger partial charge in [-0.15, -0.1) is 0 Å². The highest BCUT2D eigenvalue weighted by Gasteiger charge is 2.17. The van der Waals surface area contributed by atoms with Crippen LogP contribution in [0.25, 0.3) is 21.9 Å². The molecular formula is C23H32N2O5. The van der Waals surface area contributed by atoms with Gasteiger partial charge in [0.1, 0.15) is 16.9 Å². The van der Waals surface area contributed by atoms with E-state index in [1.165, 1.54) is 6.07 Å². The Hall–Kier alpha value is -2.19. The molecular weight excluding hydrogens is 384 g/mol. The van der Waals surface area contributed by atoms with E-state index in [0.29, 0.717) is 32.0 Å². The van der Waals surface area contributed by atoms with E-state index in [0.717, 1.165) is 71.3 Å². The fraction of sp³-hybridized carbons (Fsp3) is 0.522. The van der Waals surface area contributed by atoms with Crippen molar-refractivity contribution >= 4 is 21.9 Å². The summed E-state index contributed by atoms with van der Waals surface area (Å²) in [5, 5.41) is 5.25. The predicted octanol–water partition coefficient (Wildman–Crippen LogP) is 3.33. The van der Waals surface area contributed by atoms with Crippen LogP contribution in [0.3, 0.4) is 0 Å².